The van der Waals surface area contributed by atoms with E-state index in [2.05, 4.69) is 45.2 Å². The van der Waals surface area contributed by atoms with Crippen LogP contribution in [0.15, 0.2) is 18.2 Å². The zero-order chi connectivity index (χ0) is 15.1. The maximum atomic E-state index is 4.80. The van der Waals surface area contributed by atoms with Gasteiger partial charge in [0.15, 0.2) is 0 Å². The third-order valence-electron chi connectivity index (χ3n) is 4.24. The molecule has 6 heteroatoms. The average molecular weight is 313 g/mol. The second-order valence-electron chi connectivity index (χ2n) is 5.99. The lowest BCUT2D eigenvalue weighted by Gasteiger charge is -2.21. The maximum Gasteiger partial charge on any atom is 0.131 e. The number of rotatable bonds is 3. The number of fused-ring (bicyclic) bond motifs is 1. The monoisotopic (exact) mass is 313 g/mol. The Kier molecular flexibility index (Phi) is 3.43. The van der Waals surface area contributed by atoms with Gasteiger partial charge in [-0.3, -0.25) is 4.90 Å². The van der Waals surface area contributed by atoms with Gasteiger partial charge < -0.3 is 4.98 Å². The minimum Gasteiger partial charge on any atom is -0.341 e. The molecular formula is C16H19N5S. The van der Waals surface area contributed by atoms with Crippen LogP contribution in [0.4, 0.5) is 0 Å². The molecule has 1 aliphatic heterocycles. The van der Waals surface area contributed by atoms with E-state index < -0.39 is 0 Å². The van der Waals surface area contributed by atoms with Crippen molar-refractivity contribution in [3.8, 4) is 0 Å². The van der Waals surface area contributed by atoms with Crippen LogP contribution in [0.25, 0.3) is 11.0 Å². The van der Waals surface area contributed by atoms with E-state index in [1.54, 1.807) is 11.3 Å². The highest BCUT2D eigenvalue weighted by atomic mass is 32.1. The lowest BCUT2D eigenvalue weighted by molar-refractivity contribution is 0.240. The van der Waals surface area contributed by atoms with Gasteiger partial charge in [-0.1, -0.05) is 6.07 Å². The molecule has 3 aromatic rings. The predicted molar refractivity (Wildman–Crippen MR) is 87.9 cm³/mol. The fourth-order valence-corrected chi connectivity index (χ4v) is 3.94. The Hall–Kier alpha value is -1.79. The third kappa shape index (κ3) is 2.53. The molecule has 0 bridgehead atoms. The summed E-state index contributed by atoms with van der Waals surface area (Å²) in [6.45, 7) is 6.08. The number of likely N-dealkylation sites (tertiary alicyclic amines) is 1. The summed E-state index contributed by atoms with van der Waals surface area (Å²) in [5.74, 6) is 1.08. The van der Waals surface area contributed by atoms with Gasteiger partial charge in [0.2, 0.25) is 0 Å². The smallest absolute Gasteiger partial charge is 0.131 e. The molecular weight excluding hydrogens is 294 g/mol. The number of hydrogen-bond donors (Lipinski definition) is 1. The normalized spacial score (nSPS) is 19.3. The van der Waals surface area contributed by atoms with E-state index in [1.165, 1.54) is 12.0 Å². The van der Waals surface area contributed by atoms with Crippen molar-refractivity contribution in [1.29, 1.82) is 0 Å². The molecule has 22 heavy (non-hydrogen) atoms. The number of imidazole rings is 1. The zero-order valence-corrected chi connectivity index (χ0v) is 13.7. The SMILES string of the molecule is Cc1ccc2nc([C@@H]3CCCN3Cc3nnc(C)s3)[nH]c2c1. The molecule has 3 heterocycles. The van der Waals surface area contributed by atoms with Gasteiger partial charge in [-0.15, -0.1) is 21.5 Å². The van der Waals surface area contributed by atoms with Gasteiger partial charge in [0.25, 0.3) is 0 Å². The Morgan fingerprint density at radius 3 is 3.05 bits per heavy atom. The first kappa shape index (κ1) is 13.8. The molecule has 1 atom stereocenters. The van der Waals surface area contributed by atoms with Crippen molar-refractivity contribution in [2.24, 2.45) is 0 Å². The first-order valence-electron chi connectivity index (χ1n) is 7.68. The molecule has 1 saturated heterocycles. The first-order chi connectivity index (χ1) is 10.7. The summed E-state index contributed by atoms with van der Waals surface area (Å²) >= 11 is 1.68. The number of hydrogen-bond acceptors (Lipinski definition) is 5. The molecule has 1 fully saturated rings. The molecule has 2 aromatic heterocycles. The highest BCUT2D eigenvalue weighted by Crippen LogP contribution is 2.33. The third-order valence-corrected chi connectivity index (χ3v) is 5.06. The highest BCUT2D eigenvalue weighted by Gasteiger charge is 2.29. The fraction of sp³-hybridized carbons (Fsp3) is 0.438. The summed E-state index contributed by atoms with van der Waals surface area (Å²) in [4.78, 5) is 10.8. The first-order valence-corrected chi connectivity index (χ1v) is 8.50. The highest BCUT2D eigenvalue weighted by molar-refractivity contribution is 7.11. The minimum atomic E-state index is 0.358. The lowest BCUT2D eigenvalue weighted by atomic mass is 10.2. The molecule has 0 radical (unpaired) electrons. The van der Waals surface area contributed by atoms with Crippen molar-refractivity contribution in [1.82, 2.24) is 25.1 Å². The van der Waals surface area contributed by atoms with Crippen LogP contribution in [0.1, 0.15) is 40.3 Å². The molecule has 0 saturated carbocycles. The summed E-state index contributed by atoms with van der Waals surface area (Å²) in [6, 6.07) is 6.73. The Bertz CT molecular complexity index is 806. The van der Waals surface area contributed by atoms with E-state index in [-0.39, 0.29) is 0 Å². The van der Waals surface area contributed by atoms with E-state index in [1.807, 2.05) is 6.92 Å². The lowest BCUT2D eigenvalue weighted by Crippen LogP contribution is -2.23. The number of aromatic amines is 1. The van der Waals surface area contributed by atoms with Crippen molar-refractivity contribution in [2.45, 2.75) is 39.3 Å². The van der Waals surface area contributed by atoms with E-state index in [4.69, 9.17) is 4.98 Å². The Balaban J connectivity index is 1.61. The maximum absolute atomic E-state index is 4.80. The van der Waals surface area contributed by atoms with Gasteiger partial charge in [0.05, 0.1) is 23.6 Å². The molecule has 0 aliphatic carbocycles. The number of H-pyrrole nitrogens is 1. The Labute approximate surface area is 133 Å². The van der Waals surface area contributed by atoms with Crippen LogP contribution in [0.5, 0.6) is 0 Å². The Morgan fingerprint density at radius 2 is 2.23 bits per heavy atom. The minimum absolute atomic E-state index is 0.358. The van der Waals surface area contributed by atoms with Crippen molar-refractivity contribution in [2.75, 3.05) is 6.54 Å². The number of nitrogens with one attached hydrogen (secondary N) is 1. The van der Waals surface area contributed by atoms with Crippen LogP contribution in [-0.2, 0) is 6.54 Å². The van der Waals surface area contributed by atoms with E-state index in [0.717, 1.165) is 46.4 Å². The van der Waals surface area contributed by atoms with Crippen LogP contribution in [0.3, 0.4) is 0 Å². The predicted octanol–water partition coefficient (Wildman–Crippen LogP) is 3.37. The summed E-state index contributed by atoms with van der Waals surface area (Å²) in [5, 5.41) is 10.5. The zero-order valence-electron chi connectivity index (χ0n) is 12.8. The molecule has 0 amide bonds. The topological polar surface area (TPSA) is 57.7 Å². The van der Waals surface area contributed by atoms with Crippen LogP contribution in [0, 0.1) is 13.8 Å². The van der Waals surface area contributed by atoms with Gasteiger partial charge in [0, 0.05) is 0 Å². The van der Waals surface area contributed by atoms with Crippen LogP contribution in [-0.4, -0.2) is 31.6 Å². The van der Waals surface area contributed by atoms with Crippen molar-refractivity contribution in [3.63, 3.8) is 0 Å². The van der Waals surface area contributed by atoms with Crippen molar-refractivity contribution < 1.29 is 0 Å². The van der Waals surface area contributed by atoms with Gasteiger partial charge in [-0.05, 0) is 50.9 Å². The molecule has 1 N–H and O–H groups in total. The van der Waals surface area contributed by atoms with Gasteiger partial charge in [0.1, 0.15) is 15.8 Å². The van der Waals surface area contributed by atoms with Crippen LogP contribution >= 0.6 is 11.3 Å². The molecule has 1 aliphatic rings. The van der Waals surface area contributed by atoms with Crippen LogP contribution in [0.2, 0.25) is 0 Å². The number of aryl methyl sites for hydroxylation is 2. The van der Waals surface area contributed by atoms with Crippen molar-refractivity contribution >= 4 is 22.4 Å². The summed E-state index contributed by atoms with van der Waals surface area (Å²) < 4.78 is 0. The summed E-state index contributed by atoms with van der Waals surface area (Å²) in [6.07, 6.45) is 2.36. The number of nitrogens with zero attached hydrogens (tertiary/aromatic N) is 4. The van der Waals surface area contributed by atoms with Crippen LogP contribution < -0.4 is 0 Å². The summed E-state index contributed by atoms with van der Waals surface area (Å²) in [7, 11) is 0. The summed E-state index contributed by atoms with van der Waals surface area (Å²) in [5.41, 5.74) is 3.45. The van der Waals surface area contributed by atoms with E-state index in [9.17, 15) is 0 Å². The molecule has 0 unspecified atom stereocenters. The standard InChI is InChI=1S/C16H19N5S/c1-10-5-6-12-13(8-10)18-16(17-12)14-4-3-7-21(14)9-15-20-19-11(2)22-15/h5-6,8,14H,3-4,7,9H2,1-2H3,(H,17,18)/t14-/m0/s1. The Morgan fingerprint density at radius 1 is 1.32 bits per heavy atom. The molecule has 114 valence electrons. The van der Waals surface area contributed by atoms with Gasteiger partial charge in [-0.25, -0.2) is 4.98 Å². The second kappa shape index (κ2) is 5.44. The van der Waals surface area contributed by atoms with E-state index >= 15 is 0 Å². The molecule has 4 rings (SSSR count). The molecule has 5 nitrogen and oxygen atoms in total. The van der Waals surface area contributed by atoms with Gasteiger partial charge in [-0.2, -0.15) is 0 Å². The largest absolute Gasteiger partial charge is 0.341 e. The van der Waals surface area contributed by atoms with Gasteiger partial charge >= 0.3 is 0 Å². The van der Waals surface area contributed by atoms with E-state index in [0.29, 0.717) is 6.04 Å². The fourth-order valence-electron chi connectivity index (χ4n) is 3.20. The molecule has 1 aromatic carbocycles. The quantitative estimate of drug-likeness (QED) is 0.805. The average Bonchev–Trinajstić information content (AvgIpc) is 3.18. The molecule has 0 spiro atoms. The second-order valence-corrected chi connectivity index (χ2v) is 7.25. The number of aromatic nitrogens is 4. The number of benzene rings is 1. The van der Waals surface area contributed by atoms with Crippen molar-refractivity contribution in [3.05, 3.63) is 39.6 Å².